The third-order valence-electron chi connectivity index (χ3n) is 5.46. The number of carbonyl (C=O) groups is 1. The number of Topliss-reactive ketones (excluding diaryl/α,β-unsaturated/α-hetero) is 1. The van der Waals surface area contributed by atoms with Crippen LogP contribution in [0.3, 0.4) is 0 Å². The van der Waals surface area contributed by atoms with Gasteiger partial charge < -0.3 is 5.32 Å². The molecule has 0 amide bonds. The van der Waals surface area contributed by atoms with Crippen molar-refractivity contribution in [1.82, 2.24) is 19.7 Å². The normalized spacial score (nSPS) is 20.1. The lowest BCUT2D eigenvalue weighted by molar-refractivity contribution is -0.118. The van der Waals surface area contributed by atoms with Gasteiger partial charge in [-0.05, 0) is 41.7 Å². The van der Waals surface area contributed by atoms with E-state index < -0.39 is 0 Å². The van der Waals surface area contributed by atoms with Crippen LogP contribution >= 0.6 is 15.9 Å². The molecule has 1 aliphatic carbocycles. The molecule has 146 valence electrons. The molecule has 1 N–H and O–H groups in total. The maximum Gasteiger partial charge on any atom is 0.226 e. The van der Waals surface area contributed by atoms with Gasteiger partial charge in [-0.15, -0.1) is 5.10 Å². The van der Waals surface area contributed by atoms with Crippen LogP contribution in [0.4, 0.5) is 5.95 Å². The Hall–Kier alpha value is -2.80. The highest BCUT2D eigenvalue weighted by molar-refractivity contribution is 9.10. The van der Waals surface area contributed by atoms with E-state index in [0.29, 0.717) is 18.2 Å². The highest BCUT2D eigenvalue weighted by Crippen LogP contribution is 2.45. The van der Waals surface area contributed by atoms with Crippen molar-refractivity contribution in [2.24, 2.45) is 5.41 Å². The third kappa shape index (κ3) is 3.19. The van der Waals surface area contributed by atoms with Gasteiger partial charge in [0.1, 0.15) is 6.04 Å². The van der Waals surface area contributed by atoms with Gasteiger partial charge in [-0.3, -0.25) is 9.78 Å². The average molecular weight is 450 g/mol. The molecule has 2 aromatic heterocycles. The van der Waals surface area contributed by atoms with Gasteiger partial charge in [-0.2, -0.15) is 4.98 Å². The first-order valence-electron chi connectivity index (χ1n) is 9.57. The molecule has 2 aliphatic rings. The van der Waals surface area contributed by atoms with Gasteiger partial charge in [0, 0.05) is 40.1 Å². The van der Waals surface area contributed by atoms with Crippen LogP contribution in [0.5, 0.6) is 0 Å². The fraction of sp³-hybridized carbons (Fsp3) is 0.273. The number of nitrogens with one attached hydrogen (secondary N) is 1. The molecule has 0 saturated carbocycles. The molecule has 7 heteroatoms. The second-order valence-electron chi connectivity index (χ2n) is 8.35. The Bertz CT molecular complexity index is 1130. The summed E-state index contributed by atoms with van der Waals surface area (Å²) in [5.41, 5.74) is 3.58. The number of fused-ring (bicyclic) bond motifs is 1. The predicted octanol–water partition coefficient (Wildman–Crippen LogP) is 4.76. The van der Waals surface area contributed by atoms with E-state index in [1.165, 1.54) is 0 Å². The number of anilines is 1. The molecule has 3 aromatic rings. The largest absolute Gasteiger partial charge is 0.328 e. The van der Waals surface area contributed by atoms with Crippen LogP contribution in [0.25, 0.3) is 11.4 Å². The average Bonchev–Trinajstić information content (AvgIpc) is 3.10. The molecule has 1 atom stereocenters. The lowest BCUT2D eigenvalue weighted by Gasteiger charge is -2.38. The van der Waals surface area contributed by atoms with E-state index in [0.717, 1.165) is 33.3 Å². The molecule has 6 nitrogen and oxygen atoms in total. The molecule has 0 bridgehead atoms. The molecule has 0 saturated heterocycles. The number of hydrogen-bond donors (Lipinski definition) is 1. The van der Waals surface area contributed by atoms with Gasteiger partial charge in [0.05, 0.1) is 0 Å². The Labute approximate surface area is 177 Å². The van der Waals surface area contributed by atoms with E-state index in [-0.39, 0.29) is 17.2 Å². The summed E-state index contributed by atoms with van der Waals surface area (Å²) in [4.78, 5) is 22.0. The van der Waals surface area contributed by atoms with Crippen molar-refractivity contribution in [3.05, 3.63) is 70.1 Å². The van der Waals surface area contributed by atoms with Crippen molar-refractivity contribution in [1.29, 1.82) is 0 Å². The van der Waals surface area contributed by atoms with Crippen LogP contribution in [0, 0.1) is 5.41 Å². The molecule has 5 rings (SSSR count). The summed E-state index contributed by atoms with van der Waals surface area (Å²) in [6.45, 7) is 4.26. The Morgan fingerprint density at radius 3 is 2.55 bits per heavy atom. The summed E-state index contributed by atoms with van der Waals surface area (Å²) in [5, 5.41) is 8.19. The molecular weight excluding hydrogens is 430 g/mol. The van der Waals surface area contributed by atoms with Crippen molar-refractivity contribution in [2.75, 3.05) is 5.32 Å². The fourth-order valence-electron chi connectivity index (χ4n) is 4.19. The van der Waals surface area contributed by atoms with Gasteiger partial charge in [-0.25, -0.2) is 4.68 Å². The molecular formula is C22H20BrN5O. The highest BCUT2D eigenvalue weighted by Gasteiger charge is 2.41. The van der Waals surface area contributed by atoms with Crippen molar-refractivity contribution in [2.45, 2.75) is 32.7 Å². The molecule has 1 aliphatic heterocycles. The second kappa shape index (κ2) is 6.62. The van der Waals surface area contributed by atoms with Crippen molar-refractivity contribution in [3.63, 3.8) is 0 Å². The van der Waals surface area contributed by atoms with E-state index in [2.05, 4.69) is 40.1 Å². The SMILES string of the molecule is CC1(C)CC(=O)C2=C(C1)Nc1nc(-c3ccncc3)nn1C2c1ccc(Br)cc1. The quantitative estimate of drug-likeness (QED) is 0.610. The number of benzene rings is 1. The number of hydrogen-bond acceptors (Lipinski definition) is 5. The monoisotopic (exact) mass is 449 g/mol. The zero-order valence-electron chi connectivity index (χ0n) is 16.2. The number of nitrogens with zero attached hydrogens (tertiary/aromatic N) is 4. The number of rotatable bonds is 2. The maximum absolute atomic E-state index is 13.2. The minimum atomic E-state index is -0.291. The Balaban J connectivity index is 1.69. The van der Waals surface area contributed by atoms with E-state index in [1.54, 1.807) is 12.4 Å². The van der Waals surface area contributed by atoms with E-state index in [9.17, 15) is 4.79 Å². The summed E-state index contributed by atoms with van der Waals surface area (Å²) >= 11 is 3.50. The molecule has 0 radical (unpaired) electrons. The van der Waals surface area contributed by atoms with Crippen molar-refractivity contribution in [3.8, 4) is 11.4 Å². The van der Waals surface area contributed by atoms with Crippen molar-refractivity contribution >= 4 is 27.7 Å². The van der Waals surface area contributed by atoms with Crippen LogP contribution in [-0.4, -0.2) is 25.5 Å². The standard InChI is InChI=1S/C22H20BrN5O/c1-22(2)11-16-18(17(29)12-22)19(13-3-5-15(23)6-4-13)28-21(25-16)26-20(27-28)14-7-9-24-10-8-14/h3-10,19H,11-12H2,1-2H3,(H,25,26,27). The van der Waals surface area contributed by atoms with Gasteiger partial charge in [0.15, 0.2) is 11.6 Å². The zero-order chi connectivity index (χ0) is 20.2. The van der Waals surface area contributed by atoms with Gasteiger partial charge in [0.25, 0.3) is 0 Å². The van der Waals surface area contributed by atoms with Crippen LogP contribution in [0.1, 0.15) is 38.3 Å². The summed E-state index contributed by atoms with van der Waals surface area (Å²) in [5.74, 6) is 1.45. The first-order valence-corrected chi connectivity index (χ1v) is 10.4. The van der Waals surface area contributed by atoms with Crippen LogP contribution in [0.2, 0.25) is 0 Å². The van der Waals surface area contributed by atoms with E-state index in [4.69, 9.17) is 10.1 Å². The van der Waals surface area contributed by atoms with Crippen LogP contribution < -0.4 is 5.32 Å². The lowest BCUT2D eigenvalue weighted by atomic mass is 9.73. The molecule has 29 heavy (non-hydrogen) atoms. The number of carbonyl (C=O) groups excluding carboxylic acids is 1. The fourth-order valence-corrected chi connectivity index (χ4v) is 4.45. The second-order valence-corrected chi connectivity index (χ2v) is 9.27. The zero-order valence-corrected chi connectivity index (χ0v) is 17.8. The topological polar surface area (TPSA) is 72.7 Å². The number of allylic oxidation sites excluding steroid dienone is 2. The first-order chi connectivity index (χ1) is 13.9. The summed E-state index contributed by atoms with van der Waals surface area (Å²) in [6, 6.07) is 11.5. The van der Waals surface area contributed by atoms with Crippen LogP contribution in [0.15, 0.2) is 64.5 Å². The van der Waals surface area contributed by atoms with Gasteiger partial charge >= 0.3 is 0 Å². The van der Waals surface area contributed by atoms with Gasteiger partial charge in [0.2, 0.25) is 5.95 Å². The lowest BCUT2D eigenvalue weighted by Crippen LogP contribution is -2.36. The molecule has 1 unspecified atom stereocenters. The van der Waals surface area contributed by atoms with Crippen molar-refractivity contribution < 1.29 is 4.79 Å². The van der Waals surface area contributed by atoms with Gasteiger partial charge in [-0.1, -0.05) is 41.9 Å². The summed E-state index contributed by atoms with van der Waals surface area (Å²) in [6.07, 6.45) is 4.79. The number of aromatic nitrogens is 4. The first kappa shape index (κ1) is 18.2. The number of halogens is 1. The van der Waals surface area contributed by atoms with Crippen LogP contribution in [-0.2, 0) is 4.79 Å². The minimum Gasteiger partial charge on any atom is -0.328 e. The summed E-state index contributed by atoms with van der Waals surface area (Å²) < 4.78 is 2.84. The highest BCUT2D eigenvalue weighted by atomic mass is 79.9. The smallest absolute Gasteiger partial charge is 0.226 e. The number of ketones is 1. The van der Waals surface area contributed by atoms with E-state index >= 15 is 0 Å². The molecule has 3 heterocycles. The number of pyridine rings is 1. The predicted molar refractivity (Wildman–Crippen MR) is 114 cm³/mol. The summed E-state index contributed by atoms with van der Waals surface area (Å²) in [7, 11) is 0. The maximum atomic E-state index is 13.2. The Morgan fingerprint density at radius 1 is 1.10 bits per heavy atom. The molecule has 0 fully saturated rings. The Kier molecular flexibility index (Phi) is 4.17. The Morgan fingerprint density at radius 2 is 1.83 bits per heavy atom. The third-order valence-corrected chi connectivity index (χ3v) is 5.98. The minimum absolute atomic E-state index is 0.0801. The van der Waals surface area contributed by atoms with E-state index in [1.807, 2.05) is 41.1 Å². The molecule has 1 aromatic carbocycles. The molecule has 0 spiro atoms.